The van der Waals surface area contributed by atoms with Gasteiger partial charge in [-0.2, -0.15) is 0 Å². The van der Waals surface area contributed by atoms with Crippen molar-refractivity contribution in [2.45, 2.75) is 51.4 Å². The van der Waals surface area contributed by atoms with Gasteiger partial charge in [-0.3, -0.25) is 0 Å². The Balaban J connectivity index is 1.72. The third kappa shape index (κ3) is 3.41. The predicted molar refractivity (Wildman–Crippen MR) is 91.0 cm³/mol. The van der Waals surface area contributed by atoms with Gasteiger partial charge in [0.15, 0.2) is 0 Å². The Bertz CT molecular complexity index is 621. The molecule has 1 aliphatic heterocycles. The highest BCUT2D eigenvalue weighted by Crippen LogP contribution is 2.40. The molecule has 3 heteroatoms. The Labute approximate surface area is 132 Å². The average Bonchev–Trinajstić information content (AvgIpc) is 3.34. The van der Waals surface area contributed by atoms with Gasteiger partial charge < -0.3 is 10.4 Å². The van der Waals surface area contributed by atoms with Crippen molar-refractivity contribution in [3.05, 3.63) is 59.1 Å². The van der Waals surface area contributed by atoms with E-state index < -0.39 is 0 Å². The number of hydrogen-bond donors (Lipinski definition) is 2. The first-order chi connectivity index (χ1) is 10.7. The second kappa shape index (κ2) is 6.39. The van der Waals surface area contributed by atoms with Crippen LogP contribution in [0, 0.1) is 0 Å². The first-order valence-corrected chi connectivity index (χ1v) is 8.22. The van der Waals surface area contributed by atoms with Crippen molar-refractivity contribution in [1.82, 2.24) is 5.32 Å². The maximum atomic E-state index is 10.2. The van der Waals surface area contributed by atoms with Crippen molar-refractivity contribution < 1.29 is 5.11 Å². The van der Waals surface area contributed by atoms with E-state index in [1.165, 1.54) is 24.0 Å². The van der Waals surface area contributed by atoms with E-state index in [1.54, 1.807) is 0 Å². The van der Waals surface area contributed by atoms with E-state index in [0.29, 0.717) is 6.42 Å². The lowest BCUT2D eigenvalue weighted by Gasteiger charge is -2.20. The summed E-state index contributed by atoms with van der Waals surface area (Å²) in [5.41, 5.74) is 4.17. The van der Waals surface area contributed by atoms with Crippen LogP contribution in [0.25, 0.3) is 0 Å². The Morgan fingerprint density at radius 1 is 1.27 bits per heavy atom. The molecular formula is C19H24N2O. The van der Waals surface area contributed by atoms with Crippen LogP contribution >= 0.6 is 0 Å². The number of hydrogen-bond acceptors (Lipinski definition) is 3. The fourth-order valence-corrected chi connectivity index (χ4v) is 2.78. The van der Waals surface area contributed by atoms with Crippen LogP contribution in [-0.4, -0.2) is 10.9 Å². The summed E-state index contributed by atoms with van der Waals surface area (Å²) in [6.07, 6.45) is 6.32. The number of nitrogens with zero attached hydrogens (tertiary/aromatic N) is 1. The quantitative estimate of drug-likeness (QED) is 0.807. The molecular weight excluding hydrogens is 272 g/mol. The molecule has 0 saturated heterocycles. The number of rotatable bonds is 6. The molecule has 0 unspecified atom stereocenters. The number of amidine groups is 1. The maximum absolute atomic E-state index is 10.2. The molecule has 116 valence electrons. The standard InChI is InChI=1S/C19H24N2O/c1-3-4-5-18-20-13(2)17(19(22)21-18)12-14-6-8-15(9-7-14)16-10-11-16/h6-9,16,22H,2-5,10-12H2,1H3,(H,20,21). The van der Waals surface area contributed by atoms with Gasteiger partial charge >= 0.3 is 0 Å². The second-order valence-electron chi connectivity index (χ2n) is 6.26. The lowest BCUT2D eigenvalue weighted by molar-refractivity contribution is 0.395. The van der Waals surface area contributed by atoms with Gasteiger partial charge in [0.1, 0.15) is 5.84 Å². The van der Waals surface area contributed by atoms with Gasteiger partial charge in [-0.25, -0.2) is 4.99 Å². The molecule has 1 saturated carbocycles. The Kier molecular flexibility index (Phi) is 4.32. The molecule has 0 bridgehead atoms. The van der Waals surface area contributed by atoms with E-state index in [-0.39, 0.29) is 5.88 Å². The monoisotopic (exact) mass is 296 g/mol. The fourth-order valence-electron chi connectivity index (χ4n) is 2.78. The molecule has 0 radical (unpaired) electrons. The molecule has 1 aromatic carbocycles. The summed E-state index contributed by atoms with van der Waals surface area (Å²) in [7, 11) is 0. The fraction of sp³-hybridized carbons (Fsp3) is 0.421. The molecule has 2 aliphatic rings. The van der Waals surface area contributed by atoms with Gasteiger partial charge in [-0.1, -0.05) is 44.2 Å². The van der Waals surface area contributed by atoms with Crippen LogP contribution in [0.3, 0.4) is 0 Å². The topological polar surface area (TPSA) is 44.6 Å². The zero-order valence-corrected chi connectivity index (χ0v) is 13.2. The van der Waals surface area contributed by atoms with Crippen LogP contribution in [0.2, 0.25) is 0 Å². The molecule has 0 amide bonds. The van der Waals surface area contributed by atoms with E-state index in [0.717, 1.165) is 42.3 Å². The SMILES string of the molecule is C=C1NC(CCCC)=NC(O)=C1Cc1ccc(C2CC2)cc1. The van der Waals surface area contributed by atoms with Crippen LogP contribution in [0.15, 0.2) is 53.0 Å². The number of aliphatic imine (C=N–C) groups is 1. The zero-order valence-electron chi connectivity index (χ0n) is 13.2. The van der Waals surface area contributed by atoms with Gasteiger partial charge in [-0.05, 0) is 36.3 Å². The summed E-state index contributed by atoms with van der Waals surface area (Å²) in [4.78, 5) is 4.28. The van der Waals surface area contributed by atoms with Crippen LogP contribution in [0.4, 0.5) is 0 Å². The van der Waals surface area contributed by atoms with Crippen molar-refractivity contribution in [3.63, 3.8) is 0 Å². The summed E-state index contributed by atoms with van der Waals surface area (Å²) in [6, 6.07) is 8.72. The summed E-state index contributed by atoms with van der Waals surface area (Å²) >= 11 is 0. The number of aliphatic hydroxyl groups is 1. The minimum Gasteiger partial charge on any atom is -0.493 e. The molecule has 0 spiro atoms. The molecule has 0 aromatic heterocycles. The summed E-state index contributed by atoms with van der Waals surface area (Å²) in [6.45, 7) is 6.19. The lowest BCUT2D eigenvalue weighted by atomic mass is 10.00. The highest BCUT2D eigenvalue weighted by atomic mass is 16.3. The number of benzene rings is 1. The summed E-state index contributed by atoms with van der Waals surface area (Å²) < 4.78 is 0. The average molecular weight is 296 g/mol. The molecule has 1 aliphatic carbocycles. The van der Waals surface area contributed by atoms with Gasteiger partial charge in [-0.15, -0.1) is 0 Å². The van der Waals surface area contributed by atoms with Gasteiger partial charge in [0.25, 0.3) is 0 Å². The van der Waals surface area contributed by atoms with E-state index in [1.807, 2.05) is 0 Å². The largest absolute Gasteiger partial charge is 0.493 e. The second-order valence-corrected chi connectivity index (χ2v) is 6.26. The zero-order chi connectivity index (χ0) is 15.5. The molecule has 2 N–H and O–H groups in total. The highest BCUT2D eigenvalue weighted by molar-refractivity contribution is 5.86. The number of aliphatic hydroxyl groups excluding tert-OH is 1. The van der Waals surface area contributed by atoms with Crippen molar-refractivity contribution >= 4 is 5.84 Å². The predicted octanol–water partition coefficient (Wildman–Crippen LogP) is 4.58. The summed E-state index contributed by atoms with van der Waals surface area (Å²) in [5.74, 6) is 1.71. The minimum absolute atomic E-state index is 0.112. The van der Waals surface area contributed by atoms with Crippen LogP contribution in [0.1, 0.15) is 56.1 Å². The Morgan fingerprint density at radius 2 is 2.00 bits per heavy atom. The molecule has 3 rings (SSSR count). The summed E-state index contributed by atoms with van der Waals surface area (Å²) in [5, 5.41) is 13.4. The third-order valence-electron chi connectivity index (χ3n) is 4.35. The van der Waals surface area contributed by atoms with Crippen molar-refractivity contribution in [2.24, 2.45) is 4.99 Å². The van der Waals surface area contributed by atoms with Gasteiger partial charge in [0.2, 0.25) is 5.88 Å². The van der Waals surface area contributed by atoms with Crippen molar-refractivity contribution in [2.75, 3.05) is 0 Å². The van der Waals surface area contributed by atoms with Crippen LogP contribution in [-0.2, 0) is 6.42 Å². The molecule has 3 nitrogen and oxygen atoms in total. The van der Waals surface area contributed by atoms with E-state index >= 15 is 0 Å². The van der Waals surface area contributed by atoms with Crippen molar-refractivity contribution in [1.29, 1.82) is 0 Å². The van der Waals surface area contributed by atoms with E-state index in [2.05, 4.69) is 48.1 Å². The normalized spacial score (nSPS) is 18.2. The first-order valence-electron chi connectivity index (χ1n) is 8.22. The molecule has 22 heavy (non-hydrogen) atoms. The number of allylic oxidation sites excluding steroid dienone is 1. The maximum Gasteiger partial charge on any atom is 0.218 e. The number of nitrogens with one attached hydrogen (secondary N) is 1. The third-order valence-corrected chi connectivity index (χ3v) is 4.35. The first kappa shape index (κ1) is 14.9. The van der Waals surface area contributed by atoms with Crippen LogP contribution in [0.5, 0.6) is 0 Å². The van der Waals surface area contributed by atoms with E-state index in [4.69, 9.17) is 0 Å². The van der Waals surface area contributed by atoms with Crippen LogP contribution < -0.4 is 5.32 Å². The Hall–Kier alpha value is -2.03. The smallest absolute Gasteiger partial charge is 0.218 e. The lowest BCUT2D eigenvalue weighted by Crippen LogP contribution is -2.28. The molecule has 0 atom stereocenters. The van der Waals surface area contributed by atoms with Gasteiger partial charge in [0.05, 0.1) is 0 Å². The minimum atomic E-state index is 0.112. The van der Waals surface area contributed by atoms with Crippen molar-refractivity contribution in [3.8, 4) is 0 Å². The number of unbranched alkanes of at least 4 members (excludes halogenated alkanes) is 1. The van der Waals surface area contributed by atoms with E-state index in [9.17, 15) is 5.11 Å². The molecule has 1 fully saturated rings. The molecule has 1 heterocycles. The highest BCUT2D eigenvalue weighted by Gasteiger charge is 2.23. The van der Waals surface area contributed by atoms with Gasteiger partial charge in [0, 0.05) is 24.1 Å². The Morgan fingerprint density at radius 3 is 2.59 bits per heavy atom. The molecule has 1 aromatic rings.